The van der Waals surface area contributed by atoms with Crippen LogP contribution in [0.4, 0.5) is 17.1 Å². The molecule has 0 saturated carbocycles. The summed E-state index contributed by atoms with van der Waals surface area (Å²) in [6, 6.07) is 4.45. The summed E-state index contributed by atoms with van der Waals surface area (Å²) in [6.45, 7) is 2.44. The van der Waals surface area contributed by atoms with Crippen molar-refractivity contribution in [3.8, 4) is 0 Å². The van der Waals surface area contributed by atoms with Gasteiger partial charge in [-0.25, -0.2) is 0 Å². The standard InChI is InChI=1S/C11H18N4O3/c1-2-11(16)3-4-13-8-5-9(14-12)7-10(6-8)15(17)18/h5-7,11,13-14,16H,2-4,12H2,1H3. The number of hydrogen-bond donors (Lipinski definition) is 4. The molecular weight excluding hydrogens is 236 g/mol. The third-order valence-corrected chi connectivity index (χ3v) is 2.57. The third kappa shape index (κ3) is 4.19. The van der Waals surface area contributed by atoms with Crippen molar-refractivity contribution in [3.63, 3.8) is 0 Å². The lowest BCUT2D eigenvalue weighted by atomic mass is 10.2. The molecule has 1 atom stereocenters. The lowest BCUT2D eigenvalue weighted by Crippen LogP contribution is -2.13. The van der Waals surface area contributed by atoms with Crippen molar-refractivity contribution in [2.75, 3.05) is 17.3 Å². The molecule has 0 amide bonds. The van der Waals surface area contributed by atoms with E-state index in [0.29, 0.717) is 30.8 Å². The maximum Gasteiger partial charge on any atom is 0.273 e. The Balaban J connectivity index is 2.69. The average Bonchev–Trinajstić information content (AvgIpc) is 2.37. The molecule has 0 saturated heterocycles. The van der Waals surface area contributed by atoms with Crippen molar-refractivity contribution < 1.29 is 10.0 Å². The van der Waals surface area contributed by atoms with Crippen LogP contribution >= 0.6 is 0 Å². The molecule has 0 bridgehead atoms. The van der Waals surface area contributed by atoms with E-state index < -0.39 is 4.92 Å². The van der Waals surface area contributed by atoms with Crippen LogP contribution in [-0.2, 0) is 0 Å². The Morgan fingerprint density at radius 3 is 2.67 bits per heavy atom. The Hall–Kier alpha value is -1.86. The van der Waals surface area contributed by atoms with E-state index in [2.05, 4.69) is 10.7 Å². The highest BCUT2D eigenvalue weighted by molar-refractivity contribution is 5.63. The molecule has 7 nitrogen and oxygen atoms in total. The van der Waals surface area contributed by atoms with E-state index in [1.54, 1.807) is 6.07 Å². The summed E-state index contributed by atoms with van der Waals surface area (Å²) in [5, 5.41) is 23.1. The molecule has 7 heteroatoms. The molecule has 100 valence electrons. The average molecular weight is 254 g/mol. The van der Waals surface area contributed by atoms with Gasteiger partial charge in [0.2, 0.25) is 0 Å². The maximum atomic E-state index is 10.7. The van der Waals surface area contributed by atoms with Gasteiger partial charge in [-0.1, -0.05) is 6.92 Å². The predicted molar refractivity (Wildman–Crippen MR) is 70.3 cm³/mol. The Morgan fingerprint density at radius 2 is 2.11 bits per heavy atom. The van der Waals surface area contributed by atoms with Gasteiger partial charge in [-0.2, -0.15) is 0 Å². The summed E-state index contributed by atoms with van der Waals surface area (Å²) in [5.74, 6) is 5.25. The molecule has 0 aliphatic carbocycles. The van der Waals surface area contributed by atoms with Gasteiger partial charge in [0.05, 0.1) is 16.7 Å². The minimum Gasteiger partial charge on any atom is -0.393 e. The maximum absolute atomic E-state index is 10.7. The third-order valence-electron chi connectivity index (χ3n) is 2.57. The van der Waals surface area contributed by atoms with Crippen molar-refractivity contribution in [2.45, 2.75) is 25.9 Å². The summed E-state index contributed by atoms with van der Waals surface area (Å²) in [4.78, 5) is 10.2. The predicted octanol–water partition coefficient (Wildman–Crippen LogP) is 1.45. The number of nitrogens with zero attached hydrogens (tertiary/aromatic N) is 1. The number of nitro benzene ring substituents is 1. The highest BCUT2D eigenvalue weighted by Gasteiger charge is 2.09. The van der Waals surface area contributed by atoms with Crippen LogP contribution in [0.5, 0.6) is 0 Å². The molecule has 1 rings (SSSR count). The van der Waals surface area contributed by atoms with Gasteiger partial charge in [0.25, 0.3) is 5.69 Å². The van der Waals surface area contributed by atoms with Crippen LogP contribution in [0.1, 0.15) is 19.8 Å². The van der Waals surface area contributed by atoms with Gasteiger partial charge in [-0.05, 0) is 18.9 Å². The van der Waals surface area contributed by atoms with E-state index in [4.69, 9.17) is 5.84 Å². The van der Waals surface area contributed by atoms with Gasteiger partial charge in [0.1, 0.15) is 0 Å². The van der Waals surface area contributed by atoms with Crippen molar-refractivity contribution >= 4 is 17.1 Å². The largest absolute Gasteiger partial charge is 0.393 e. The number of anilines is 2. The zero-order valence-electron chi connectivity index (χ0n) is 10.2. The number of aliphatic hydroxyl groups excluding tert-OH is 1. The number of aliphatic hydroxyl groups is 1. The fourth-order valence-corrected chi connectivity index (χ4v) is 1.49. The van der Waals surface area contributed by atoms with E-state index in [1.807, 2.05) is 6.92 Å². The van der Waals surface area contributed by atoms with Crippen LogP contribution in [0.2, 0.25) is 0 Å². The number of nitrogen functional groups attached to an aromatic ring is 1. The molecular formula is C11H18N4O3. The molecule has 0 heterocycles. The molecule has 0 fully saturated rings. The number of nitrogens with two attached hydrogens (primary N) is 1. The normalized spacial score (nSPS) is 11.9. The van der Waals surface area contributed by atoms with Crippen LogP contribution in [-0.4, -0.2) is 22.7 Å². The number of benzene rings is 1. The first kappa shape index (κ1) is 14.2. The Kier molecular flexibility index (Phi) is 5.34. The Labute approximate surface area is 105 Å². The highest BCUT2D eigenvalue weighted by atomic mass is 16.6. The number of hydrogen-bond acceptors (Lipinski definition) is 6. The molecule has 0 aromatic heterocycles. The molecule has 0 aliphatic heterocycles. The van der Waals surface area contributed by atoms with Crippen LogP contribution in [0.15, 0.2) is 18.2 Å². The van der Waals surface area contributed by atoms with Crippen molar-refractivity contribution in [1.82, 2.24) is 0 Å². The summed E-state index contributed by atoms with van der Waals surface area (Å²) < 4.78 is 0. The van der Waals surface area contributed by atoms with Crippen LogP contribution in [0.3, 0.4) is 0 Å². The zero-order chi connectivity index (χ0) is 13.5. The Morgan fingerprint density at radius 1 is 1.44 bits per heavy atom. The fraction of sp³-hybridized carbons (Fsp3) is 0.455. The smallest absolute Gasteiger partial charge is 0.273 e. The molecule has 0 radical (unpaired) electrons. The van der Waals surface area contributed by atoms with E-state index in [-0.39, 0.29) is 11.8 Å². The monoisotopic (exact) mass is 254 g/mol. The molecule has 1 aromatic rings. The molecule has 0 spiro atoms. The number of nitrogens with one attached hydrogen (secondary N) is 2. The minimum atomic E-state index is -0.479. The van der Waals surface area contributed by atoms with Gasteiger partial charge < -0.3 is 15.8 Å². The first-order valence-electron chi connectivity index (χ1n) is 5.74. The number of rotatable bonds is 7. The summed E-state index contributed by atoms with van der Waals surface area (Å²) in [6.07, 6.45) is 0.917. The first-order valence-corrected chi connectivity index (χ1v) is 5.74. The van der Waals surface area contributed by atoms with Crippen LogP contribution in [0, 0.1) is 10.1 Å². The molecule has 0 aliphatic rings. The minimum absolute atomic E-state index is 0.0380. The van der Waals surface area contributed by atoms with E-state index in [0.717, 1.165) is 0 Å². The topological polar surface area (TPSA) is 113 Å². The van der Waals surface area contributed by atoms with E-state index in [1.165, 1.54) is 12.1 Å². The molecule has 1 aromatic carbocycles. The van der Waals surface area contributed by atoms with Crippen LogP contribution < -0.4 is 16.6 Å². The first-order chi connectivity index (χ1) is 8.56. The van der Waals surface area contributed by atoms with Crippen molar-refractivity contribution in [3.05, 3.63) is 28.3 Å². The quantitative estimate of drug-likeness (QED) is 0.333. The van der Waals surface area contributed by atoms with Gasteiger partial charge in [0, 0.05) is 24.4 Å². The van der Waals surface area contributed by atoms with Crippen LogP contribution in [0.25, 0.3) is 0 Å². The number of nitro groups is 1. The Bertz CT molecular complexity index is 411. The van der Waals surface area contributed by atoms with Crippen molar-refractivity contribution in [2.24, 2.45) is 5.84 Å². The van der Waals surface area contributed by atoms with Gasteiger partial charge in [-0.3, -0.25) is 16.0 Å². The summed E-state index contributed by atoms with van der Waals surface area (Å²) in [7, 11) is 0. The second-order valence-corrected chi connectivity index (χ2v) is 3.95. The van der Waals surface area contributed by atoms with Gasteiger partial charge in [-0.15, -0.1) is 0 Å². The lowest BCUT2D eigenvalue weighted by Gasteiger charge is -2.11. The second kappa shape index (κ2) is 6.77. The number of non-ortho nitro benzene ring substituents is 1. The highest BCUT2D eigenvalue weighted by Crippen LogP contribution is 2.23. The molecule has 1 unspecified atom stereocenters. The fourth-order valence-electron chi connectivity index (χ4n) is 1.49. The van der Waals surface area contributed by atoms with Crippen molar-refractivity contribution in [1.29, 1.82) is 0 Å². The number of hydrazine groups is 1. The SMILES string of the molecule is CCC(O)CCNc1cc(NN)cc([N+](=O)[O-])c1. The lowest BCUT2D eigenvalue weighted by molar-refractivity contribution is -0.384. The summed E-state index contributed by atoms with van der Waals surface area (Å²) >= 11 is 0. The summed E-state index contributed by atoms with van der Waals surface area (Å²) in [5.41, 5.74) is 3.40. The zero-order valence-corrected chi connectivity index (χ0v) is 10.2. The van der Waals surface area contributed by atoms with E-state index >= 15 is 0 Å². The van der Waals surface area contributed by atoms with Gasteiger partial charge >= 0.3 is 0 Å². The molecule has 5 N–H and O–H groups in total. The van der Waals surface area contributed by atoms with Gasteiger partial charge in [0.15, 0.2) is 0 Å². The second-order valence-electron chi connectivity index (χ2n) is 3.95. The molecule has 18 heavy (non-hydrogen) atoms. The van der Waals surface area contributed by atoms with E-state index in [9.17, 15) is 15.2 Å².